The molecule has 0 unspecified atom stereocenters. The van der Waals surface area contributed by atoms with E-state index < -0.39 is 5.91 Å². The van der Waals surface area contributed by atoms with Crippen LogP contribution in [0, 0.1) is 0 Å². The highest BCUT2D eigenvalue weighted by molar-refractivity contribution is 9.10. The summed E-state index contributed by atoms with van der Waals surface area (Å²) in [5.74, 6) is -0.671. The van der Waals surface area contributed by atoms with Crippen LogP contribution in [0.5, 0.6) is 0 Å². The molecule has 4 nitrogen and oxygen atoms in total. The molecule has 0 aliphatic carbocycles. The van der Waals surface area contributed by atoms with Gasteiger partial charge >= 0.3 is 0 Å². The SMILES string of the molecule is NC(N)=NC(=O)c1cccc2c(Br)cccc12. The van der Waals surface area contributed by atoms with Crippen LogP contribution in [-0.4, -0.2) is 11.9 Å². The van der Waals surface area contributed by atoms with Gasteiger partial charge < -0.3 is 11.5 Å². The number of aliphatic imine (C=N–C) groups is 1. The summed E-state index contributed by atoms with van der Waals surface area (Å²) in [6, 6.07) is 11.0. The van der Waals surface area contributed by atoms with E-state index in [1.165, 1.54) is 0 Å². The smallest absolute Gasteiger partial charge is 0.280 e. The van der Waals surface area contributed by atoms with Crippen molar-refractivity contribution in [1.29, 1.82) is 0 Å². The van der Waals surface area contributed by atoms with Gasteiger partial charge in [0, 0.05) is 10.0 Å². The van der Waals surface area contributed by atoms with Gasteiger partial charge in [-0.25, -0.2) is 0 Å². The molecule has 0 saturated heterocycles. The lowest BCUT2D eigenvalue weighted by Crippen LogP contribution is -2.24. The molecule has 0 atom stereocenters. The summed E-state index contributed by atoms with van der Waals surface area (Å²) in [5.41, 5.74) is 10.9. The predicted octanol–water partition coefficient (Wildman–Crippen LogP) is 2.02. The number of guanidine groups is 1. The van der Waals surface area contributed by atoms with Gasteiger partial charge in [0.05, 0.1) is 0 Å². The van der Waals surface area contributed by atoms with Crippen LogP contribution in [0.25, 0.3) is 10.8 Å². The van der Waals surface area contributed by atoms with E-state index >= 15 is 0 Å². The standard InChI is InChI=1S/C12H10BrN3O/c13-10-6-2-3-7-8(10)4-1-5-9(7)11(17)16-12(14)15/h1-6H,(H4,14,15,16,17). The number of amides is 1. The Morgan fingerprint density at radius 2 is 1.71 bits per heavy atom. The Hall–Kier alpha value is -1.88. The fourth-order valence-electron chi connectivity index (χ4n) is 1.64. The van der Waals surface area contributed by atoms with Gasteiger partial charge in [-0.1, -0.05) is 40.2 Å². The number of hydrogen-bond donors (Lipinski definition) is 2. The van der Waals surface area contributed by atoms with Gasteiger partial charge in [-0.05, 0) is 22.9 Å². The number of halogens is 1. The van der Waals surface area contributed by atoms with Gasteiger partial charge in [0.2, 0.25) is 0 Å². The second kappa shape index (κ2) is 4.55. The van der Waals surface area contributed by atoms with Crippen LogP contribution in [0.3, 0.4) is 0 Å². The molecule has 0 bridgehead atoms. The molecule has 0 aliphatic rings. The molecular formula is C12H10BrN3O. The molecule has 17 heavy (non-hydrogen) atoms. The average Bonchev–Trinajstić information content (AvgIpc) is 2.28. The summed E-state index contributed by atoms with van der Waals surface area (Å²) in [7, 11) is 0. The first-order chi connectivity index (χ1) is 8.09. The Balaban J connectivity index is 2.67. The van der Waals surface area contributed by atoms with Crippen LogP contribution < -0.4 is 11.5 Å². The number of rotatable bonds is 1. The van der Waals surface area contributed by atoms with E-state index in [-0.39, 0.29) is 5.96 Å². The minimum Gasteiger partial charge on any atom is -0.370 e. The highest BCUT2D eigenvalue weighted by atomic mass is 79.9. The molecule has 0 aliphatic heterocycles. The van der Waals surface area contributed by atoms with Crippen LogP contribution in [0.1, 0.15) is 10.4 Å². The Kier molecular flexibility index (Phi) is 3.10. The highest BCUT2D eigenvalue weighted by Gasteiger charge is 2.10. The predicted molar refractivity (Wildman–Crippen MR) is 71.8 cm³/mol. The third kappa shape index (κ3) is 2.29. The summed E-state index contributed by atoms with van der Waals surface area (Å²) in [6.45, 7) is 0. The van der Waals surface area contributed by atoms with Gasteiger partial charge in [0.15, 0.2) is 5.96 Å². The average molecular weight is 292 g/mol. The number of carbonyl (C=O) groups is 1. The number of benzene rings is 2. The fourth-order valence-corrected chi connectivity index (χ4v) is 2.13. The molecule has 0 aromatic heterocycles. The van der Waals surface area contributed by atoms with Crippen molar-refractivity contribution >= 4 is 38.6 Å². The summed E-state index contributed by atoms with van der Waals surface area (Å²) >= 11 is 3.43. The van der Waals surface area contributed by atoms with Crippen LogP contribution >= 0.6 is 15.9 Å². The molecule has 1 amide bonds. The van der Waals surface area contributed by atoms with E-state index in [4.69, 9.17) is 11.5 Å². The molecular weight excluding hydrogens is 282 g/mol. The maximum Gasteiger partial charge on any atom is 0.280 e. The van der Waals surface area contributed by atoms with Crippen molar-refractivity contribution in [2.75, 3.05) is 0 Å². The number of nitrogens with zero attached hydrogens (tertiary/aromatic N) is 1. The lowest BCUT2D eigenvalue weighted by atomic mass is 10.0. The molecule has 0 fully saturated rings. The zero-order valence-electron chi connectivity index (χ0n) is 8.85. The molecule has 0 spiro atoms. The molecule has 0 radical (unpaired) electrons. The van der Waals surface area contributed by atoms with Crippen LogP contribution in [-0.2, 0) is 0 Å². The third-order valence-electron chi connectivity index (χ3n) is 2.33. The van der Waals surface area contributed by atoms with Crippen LogP contribution in [0.2, 0.25) is 0 Å². The van der Waals surface area contributed by atoms with Crippen molar-refractivity contribution in [1.82, 2.24) is 0 Å². The van der Waals surface area contributed by atoms with Gasteiger partial charge in [-0.3, -0.25) is 4.79 Å². The van der Waals surface area contributed by atoms with Crippen LogP contribution in [0.15, 0.2) is 45.9 Å². The molecule has 5 heteroatoms. The second-order valence-electron chi connectivity index (χ2n) is 3.48. The quantitative estimate of drug-likeness (QED) is 0.623. The largest absolute Gasteiger partial charge is 0.370 e. The molecule has 4 N–H and O–H groups in total. The first kappa shape index (κ1) is 11.6. The van der Waals surface area contributed by atoms with E-state index in [0.29, 0.717) is 5.56 Å². The lowest BCUT2D eigenvalue weighted by molar-refractivity contribution is 0.100. The molecule has 0 heterocycles. The van der Waals surface area contributed by atoms with E-state index in [2.05, 4.69) is 20.9 Å². The first-order valence-electron chi connectivity index (χ1n) is 4.91. The van der Waals surface area contributed by atoms with E-state index in [1.54, 1.807) is 12.1 Å². The zero-order chi connectivity index (χ0) is 12.4. The van der Waals surface area contributed by atoms with Crippen molar-refractivity contribution in [2.45, 2.75) is 0 Å². The fraction of sp³-hybridized carbons (Fsp3) is 0. The Bertz CT molecular complexity index is 618. The maximum atomic E-state index is 11.8. The van der Waals surface area contributed by atoms with E-state index in [1.807, 2.05) is 24.3 Å². The van der Waals surface area contributed by atoms with Crippen LogP contribution in [0.4, 0.5) is 0 Å². The summed E-state index contributed by atoms with van der Waals surface area (Å²) in [4.78, 5) is 15.4. The number of nitrogens with two attached hydrogens (primary N) is 2. The Labute approximate surface area is 106 Å². The number of fused-ring (bicyclic) bond motifs is 1. The Morgan fingerprint density at radius 1 is 1.06 bits per heavy atom. The normalized spacial score (nSPS) is 10.2. The minimum atomic E-state index is -0.436. The summed E-state index contributed by atoms with van der Waals surface area (Å²) in [6.07, 6.45) is 0. The molecule has 2 rings (SSSR count). The summed E-state index contributed by atoms with van der Waals surface area (Å²) in [5, 5.41) is 1.76. The maximum absolute atomic E-state index is 11.8. The third-order valence-corrected chi connectivity index (χ3v) is 3.02. The minimum absolute atomic E-state index is 0.234. The number of carbonyl (C=O) groups excluding carboxylic acids is 1. The van der Waals surface area contributed by atoms with Gasteiger partial charge in [-0.2, -0.15) is 4.99 Å². The molecule has 2 aromatic carbocycles. The van der Waals surface area contributed by atoms with Crippen molar-refractivity contribution in [3.63, 3.8) is 0 Å². The second-order valence-corrected chi connectivity index (χ2v) is 4.34. The van der Waals surface area contributed by atoms with Crippen molar-refractivity contribution < 1.29 is 4.79 Å². The molecule has 86 valence electrons. The van der Waals surface area contributed by atoms with E-state index in [9.17, 15) is 4.79 Å². The monoisotopic (exact) mass is 291 g/mol. The molecule has 0 saturated carbocycles. The zero-order valence-corrected chi connectivity index (χ0v) is 10.4. The van der Waals surface area contributed by atoms with Crippen molar-refractivity contribution in [3.05, 3.63) is 46.4 Å². The van der Waals surface area contributed by atoms with Crippen molar-refractivity contribution in [3.8, 4) is 0 Å². The van der Waals surface area contributed by atoms with E-state index in [0.717, 1.165) is 15.2 Å². The van der Waals surface area contributed by atoms with Gasteiger partial charge in [-0.15, -0.1) is 0 Å². The van der Waals surface area contributed by atoms with Crippen molar-refractivity contribution in [2.24, 2.45) is 16.5 Å². The summed E-state index contributed by atoms with van der Waals surface area (Å²) < 4.78 is 0.925. The lowest BCUT2D eigenvalue weighted by Gasteiger charge is -2.04. The molecule has 2 aromatic rings. The topological polar surface area (TPSA) is 81.5 Å². The number of hydrogen-bond acceptors (Lipinski definition) is 1. The highest BCUT2D eigenvalue weighted by Crippen LogP contribution is 2.26. The van der Waals surface area contributed by atoms with Gasteiger partial charge in [0.25, 0.3) is 5.91 Å². The first-order valence-corrected chi connectivity index (χ1v) is 5.70. The Morgan fingerprint density at radius 3 is 2.41 bits per heavy atom. The van der Waals surface area contributed by atoms with Gasteiger partial charge in [0.1, 0.15) is 0 Å².